The van der Waals surface area contributed by atoms with Gasteiger partial charge in [-0.1, -0.05) is 48.5 Å². The summed E-state index contributed by atoms with van der Waals surface area (Å²) in [5, 5.41) is 5.05. The average Bonchev–Trinajstić information content (AvgIpc) is 3.44. The average molecular weight is 645 g/mol. The highest BCUT2D eigenvalue weighted by atomic mass is 31.2. The molecule has 0 saturated carbocycles. The summed E-state index contributed by atoms with van der Waals surface area (Å²) in [6.45, 7) is 4.55. The number of hydrogen-bond acceptors (Lipinski definition) is 11. The fraction of sp³-hybridized carbons (Fsp3) is 0.400. The van der Waals surface area contributed by atoms with Crippen molar-refractivity contribution in [1.82, 2.24) is 14.6 Å². The van der Waals surface area contributed by atoms with Gasteiger partial charge in [-0.25, -0.2) is 14.2 Å². The van der Waals surface area contributed by atoms with Crippen LogP contribution in [-0.2, 0) is 39.4 Å². The number of hydrogen-bond donors (Lipinski definition) is 2. The molecule has 14 nitrogen and oxygen atoms in total. The lowest BCUT2D eigenvalue weighted by molar-refractivity contribution is -0.239. The van der Waals surface area contributed by atoms with Gasteiger partial charge in [0.1, 0.15) is 37.1 Å². The van der Waals surface area contributed by atoms with E-state index in [1.54, 1.807) is 44.2 Å². The maximum atomic E-state index is 13.9. The molecule has 0 spiro atoms. The molecule has 4 rings (SSSR count). The third-order valence-corrected chi connectivity index (χ3v) is 8.18. The second kappa shape index (κ2) is 15.3. The molecule has 0 bridgehead atoms. The van der Waals surface area contributed by atoms with E-state index in [0.717, 1.165) is 5.56 Å². The first kappa shape index (κ1) is 33.8. The molecule has 242 valence electrons. The van der Waals surface area contributed by atoms with Crippen molar-refractivity contribution < 1.29 is 42.1 Å². The first-order valence-corrected chi connectivity index (χ1v) is 15.8. The van der Waals surface area contributed by atoms with E-state index in [1.807, 2.05) is 30.3 Å². The lowest BCUT2D eigenvalue weighted by Crippen LogP contribution is -2.40. The van der Waals surface area contributed by atoms with Crippen LogP contribution in [0, 0.1) is 0 Å². The van der Waals surface area contributed by atoms with Crippen LogP contribution in [0.15, 0.2) is 77.7 Å². The molecule has 2 N–H and O–H groups in total. The summed E-state index contributed by atoms with van der Waals surface area (Å²) in [4.78, 5) is 41.4. The Bertz CT molecular complexity index is 1540. The molecule has 1 aromatic heterocycles. The van der Waals surface area contributed by atoms with Crippen LogP contribution < -0.4 is 20.6 Å². The molecule has 0 radical (unpaired) electrons. The summed E-state index contributed by atoms with van der Waals surface area (Å²) in [6.07, 6.45) is 0.0382. The summed E-state index contributed by atoms with van der Waals surface area (Å²) < 4.78 is 48.7. The van der Waals surface area contributed by atoms with E-state index in [9.17, 15) is 18.9 Å². The Morgan fingerprint density at radius 1 is 1.09 bits per heavy atom. The minimum absolute atomic E-state index is 0.00355. The number of carbonyl (C=O) groups excluding carboxylic acids is 2. The molecule has 3 aromatic rings. The van der Waals surface area contributed by atoms with E-state index >= 15 is 0 Å². The number of ether oxygens (including phenoxy) is 4. The summed E-state index contributed by atoms with van der Waals surface area (Å²) in [7, 11) is -2.80. The lowest BCUT2D eigenvalue weighted by atomic mass is 10.2. The number of para-hydroxylation sites is 1. The lowest BCUT2D eigenvalue weighted by Gasteiger charge is -2.30. The summed E-state index contributed by atoms with van der Waals surface area (Å²) in [5.41, 5.74) is 0.118. The maximum Gasteiger partial charge on any atom is 0.459 e. The van der Waals surface area contributed by atoms with Crippen LogP contribution in [0.2, 0.25) is 0 Å². The van der Waals surface area contributed by atoms with E-state index in [-0.39, 0.29) is 37.3 Å². The molecule has 1 unspecified atom stereocenters. The number of nitrogens with one attached hydrogen (secondary N) is 2. The van der Waals surface area contributed by atoms with Crippen LogP contribution in [-0.4, -0.2) is 53.3 Å². The number of nitrogens with zero attached hydrogens (tertiary/aromatic N) is 2. The summed E-state index contributed by atoms with van der Waals surface area (Å²) >= 11 is 0. The second-order valence-corrected chi connectivity index (χ2v) is 12.1. The van der Waals surface area contributed by atoms with Crippen molar-refractivity contribution in [2.24, 2.45) is 0 Å². The van der Waals surface area contributed by atoms with E-state index < -0.39 is 43.6 Å². The zero-order valence-corrected chi connectivity index (χ0v) is 26.3. The predicted octanol–water partition coefficient (Wildman–Crippen LogP) is 4.78. The monoisotopic (exact) mass is 644 g/mol. The zero-order valence-electron chi connectivity index (χ0n) is 25.4. The Balaban J connectivity index is 1.40. The first-order valence-electron chi connectivity index (χ1n) is 14.3. The van der Waals surface area contributed by atoms with Crippen LogP contribution in [0.4, 0.5) is 10.6 Å². The van der Waals surface area contributed by atoms with Gasteiger partial charge in [-0.15, -0.1) is 0 Å². The molecule has 2 heterocycles. The SMILES string of the molecule is CO[C@@]1(COP(=O)(N[C@H](C)C(=O)OC(C)C)Oc2ccccc2)CC[C@H](n2ccc(NC(=O)OCc3ccccc3)nc2=O)O1. The highest BCUT2D eigenvalue weighted by Gasteiger charge is 2.45. The van der Waals surface area contributed by atoms with Crippen molar-refractivity contribution in [3.63, 3.8) is 0 Å². The molecular weight excluding hydrogens is 607 g/mol. The fourth-order valence-electron chi connectivity index (χ4n) is 4.30. The smallest absolute Gasteiger partial charge is 0.459 e. The second-order valence-electron chi connectivity index (χ2n) is 10.4. The first-order chi connectivity index (χ1) is 21.5. The van der Waals surface area contributed by atoms with Crippen LogP contribution in [0.25, 0.3) is 0 Å². The zero-order chi connectivity index (χ0) is 32.5. The summed E-state index contributed by atoms with van der Waals surface area (Å²) in [5.74, 6) is -1.81. The quantitative estimate of drug-likeness (QED) is 0.183. The van der Waals surface area contributed by atoms with Gasteiger partial charge in [0, 0.05) is 19.7 Å². The Morgan fingerprint density at radius 3 is 2.42 bits per heavy atom. The van der Waals surface area contributed by atoms with E-state index in [2.05, 4.69) is 15.4 Å². The van der Waals surface area contributed by atoms with Gasteiger partial charge in [0.15, 0.2) is 5.79 Å². The van der Waals surface area contributed by atoms with Crippen molar-refractivity contribution in [1.29, 1.82) is 0 Å². The molecule has 1 fully saturated rings. The van der Waals surface area contributed by atoms with Crippen molar-refractivity contribution in [2.45, 2.75) is 64.4 Å². The van der Waals surface area contributed by atoms with Gasteiger partial charge in [-0.2, -0.15) is 10.1 Å². The molecule has 2 aromatic carbocycles. The molecular formula is C30H37N4O10P. The number of esters is 1. The topological polar surface area (TPSA) is 166 Å². The minimum Gasteiger partial charge on any atom is -0.462 e. The van der Waals surface area contributed by atoms with Crippen LogP contribution in [0.3, 0.4) is 0 Å². The van der Waals surface area contributed by atoms with Gasteiger partial charge in [0.25, 0.3) is 0 Å². The number of anilines is 1. The van der Waals surface area contributed by atoms with Gasteiger partial charge in [-0.3, -0.25) is 19.2 Å². The summed E-state index contributed by atoms with van der Waals surface area (Å²) in [6, 6.07) is 17.9. The van der Waals surface area contributed by atoms with Gasteiger partial charge in [-0.05, 0) is 51.0 Å². The Labute approximate surface area is 260 Å². The number of amides is 1. The van der Waals surface area contributed by atoms with Crippen LogP contribution in [0.5, 0.6) is 5.75 Å². The third-order valence-electron chi connectivity index (χ3n) is 6.56. The van der Waals surface area contributed by atoms with Gasteiger partial charge in [0.2, 0.25) is 0 Å². The predicted molar refractivity (Wildman–Crippen MR) is 162 cm³/mol. The van der Waals surface area contributed by atoms with Crippen LogP contribution in [0.1, 0.15) is 45.4 Å². The normalized spacial score (nSPS) is 19.8. The Hall–Kier alpha value is -4.07. The number of rotatable bonds is 14. The molecule has 1 saturated heterocycles. The molecule has 1 amide bonds. The molecule has 45 heavy (non-hydrogen) atoms. The number of carbonyl (C=O) groups is 2. The third kappa shape index (κ3) is 9.71. The van der Waals surface area contributed by atoms with E-state index in [0.29, 0.717) is 6.42 Å². The standard InChI is InChI=1S/C30H37N4O10P/c1-21(2)42-27(35)22(3)33-45(38,44-24-13-9-6-10-14-24)41-20-30(39-4)17-15-26(43-30)34-18-16-25(31-28(34)36)32-29(37)40-19-23-11-7-5-8-12-23/h5-14,16,18,21-22,26H,15,17,19-20H2,1-4H3,(H,33,38)(H,31,32,36,37)/t22-,26-,30+,45?/m1/s1. The van der Waals surface area contributed by atoms with Gasteiger partial charge in [0.05, 0.1) is 6.10 Å². The van der Waals surface area contributed by atoms with Crippen molar-refractivity contribution in [3.8, 4) is 5.75 Å². The van der Waals surface area contributed by atoms with Crippen molar-refractivity contribution in [3.05, 3.63) is 89.0 Å². The molecule has 4 atom stereocenters. The Kier molecular flexibility index (Phi) is 11.5. The van der Waals surface area contributed by atoms with Crippen LogP contribution >= 0.6 is 7.75 Å². The largest absolute Gasteiger partial charge is 0.462 e. The highest BCUT2D eigenvalue weighted by Crippen LogP contribution is 2.47. The van der Waals surface area contributed by atoms with Crippen molar-refractivity contribution in [2.75, 3.05) is 19.0 Å². The van der Waals surface area contributed by atoms with Gasteiger partial charge >= 0.3 is 25.5 Å². The fourth-order valence-corrected chi connectivity index (χ4v) is 5.83. The molecule has 1 aliphatic heterocycles. The Morgan fingerprint density at radius 2 is 1.78 bits per heavy atom. The van der Waals surface area contributed by atoms with Crippen molar-refractivity contribution >= 4 is 25.6 Å². The number of aromatic nitrogens is 2. The number of methoxy groups -OCH3 is 1. The van der Waals surface area contributed by atoms with E-state index in [1.165, 1.54) is 30.9 Å². The van der Waals surface area contributed by atoms with E-state index in [4.69, 9.17) is 28.0 Å². The number of benzene rings is 2. The van der Waals surface area contributed by atoms with Gasteiger partial charge < -0.3 is 23.5 Å². The maximum absolute atomic E-state index is 13.9. The highest BCUT2D eigenvalue weighted by molar-refractivity contribution is 7.52. The molecule has 15 heteroatoms. The molecule has 0 aliphatic carbocycles. The molecule has 1 aliphatic rings. The minimum atomic E-state index is -4.19.